The van der Waals surface area contributed by atoms with Crippen LogP contribution < -0.4 is 9.86 Å². The monoisotopic (exact) mass is 375 g/mol. The first kappa shape index (κ1) is 17.4. The highest BCUT2D eigenvalue weighted by atomic mass is 32.2. The third-order valence-electron chi connectivity index (χ3n) is 3.71. The molecular formula is C17H17N3O3S2. The van der Waals surface area contributed by atoms with E-state index in [1.165, 1.54) is 15.1 Å². The van der Waals surface area contributed by atoms with Crippen LogP contribution >= 0.6 is 11.3 Å². The Balaban J connectivity index is 2.00. The van der Waals surface area contributed by atoms with Crippen molar-refractivity contribution >= 4 is 27.0 Å². The fraction of sp³-hybridized carbons (Fsp3) is 0.176. The molecule has 0 aliphatic carbocycles. The lowest BCUT2D eigenvalue weighted by Crippen LogP contribution is -2.30. The zero-order valence-corrected chi connectivity index (χ0v) is 15.4. The van der Waals surface area contributed by atoms with Gasteiger partial charge in [-0.3, -0.25) is 9.10 Å². The van der Waals surface area contributed by atoms with Gasteiger partial charge >= 0.3 is 0 Å². The van der Waals surface area contributed by atoms with Crippen LogP contribution in [0.3, 0.4) is 0 Å². The number of para-hydroxylation sites is 1. The summed E-state index contributed by atoms with van der Waals surface area (Å²) >= 11 is 1.14. The van der Waals surface area contributed by atoms with E-state index in [1.54, 1.807) is 43.6 Å². The summed E-state index contributed by atoms with van der Waals surface area (Å²) in [4.78, 5) is 11.5. The first-order valence-corrected chi connectivity index (χ1v) is 9.96. The van der Waals surface area contributed by atoms with Crippen molar-refractivity contribution in [2.45, 2.75) is 11.1 Å². The Labute approximate surface area is 150 Å². The van der Waals surface area contributed by atoms with Crippen LogP contribution in [0.15, 0.2) is 62.9 Å². The van der Waals surface area contributed by atoms with Gasteiger partial charge in [0.2, 0.25) is 0 Å². The van der Waals surface area contributed by atoms with E-state index in [0.717, 1.165) is 11.3 Å². The van der Waals surface area contributed by atoms with E-state index in [9.17, 15) is 13.2 Å². The Bertz CT molecular complexity index is 1040. The molecule has 0 saturated carbocycles. The van der Waals surface area contributed by atoms with Crippen LogP contribution in [-0.4, -0.2) is 24.7 Å². The molecule has 0 radical (unpaired) electrons. The van der Waals surface area contributed by atoms with Gasteiger partial charge in [-0.2, -0.15) is 5.10 Å². The summed E-state index contributed by atoms with van der Waals surface area (Å²) < 4.78 is 28.8. The SMILES string of the molecule is CCN(c1ccccc1)S(=O)(=O)c1cc(-c2ccc(=O)n(C)n2)cs1. The summed E-state index contributed by atoms with van der Waals surface area (Å²) in [6, 6.07) is 13.6. The molecule has 1 aromatic carbocycles. The second-order valence-corrected chi connectivity index (χ2v) is 8.34. The zero-order chi connectivity index (χ0) is 18.0. The molecule has 0 aliphatic heterocycles. The van der Waals surface area contributed by atoms with Crippen LogP contribution in [0.4, 0.5) is 5.69 Å². The maximum Gasteiger partial charge on any atom is 0.273 e. The van der Waals surface area contributed by atoms with Gasteiger partial charge in [-0.05, 0) is 31.2 Å². The smallest absolute Gasteiger partial charge is 0.268 e. The molecule has 3 aromatic rings. The van der Waals surface area contributed by atoms with Gasteiger partial charge in [0, 0.05) is 30.6 Å². The molecule has 0 bridgehead atoms. The number of benzene rings is 1. The summed E-state index contributed by atoms with van der Waals surface area (Å²) in [6.07, 6.45) is 0. The minimum atomic E-state index is -3.65. The van der Waals surface area contributed by atoms with E-state index < -0.39 is 10.0 Å². The van der Waals surface area contributed by atoms with Gasteiger partial charge in [-0.15, -0.1) is 11.3 Å². The number of hydrogen-bond donors (Lipinski definition) is 0. The van der Waals surface area contributed by atoms with Gasteiger partial charge in [-0.25, -0.2) is 13.1 Å². The normalized spacial score (nSPS) is 11.4. The molecule has 130 valence electrons. The number of nitrogens with zero attached hydrogens (tertiary/aromatic N) is 3. The van der Waals surface area contributed by atoms with Crippen molar-refractivity contribution in [3.8, 4) is 11.3 Å². The molecule has 0 aliphatic rings. The predicted octanol–water partition coefficient (Wildman–Crippen LogP) is 2.72. The average Bonchev–Trinajstić information content (AvgIpc) is 3.10. The van der Waals surface area contributed by atoms with Crippen LogP contribution in [0.1, 0.15) is 6.92 Å². The zero-order valence-electron chi connectivity index (χ0n) is 13.8. The molecule has 8 heteroatoms. The van der Waals surface area contributed by atoms with Crippen LogP contribution in [0.2, 0.25) is 0 Å². The second-order valence-electron chi connectivity index (χ2n) is 5.34. The number of rotatable bonds is 5. The van der Waals surface area contributed by atoms with Crippen molar-refractivity contribution in [1.29, 1.82) is 0 Å². The first-order chi connectivity index (χ1) is 11.9. The Morgan fingerprint density at radius 1 is 1.16 bits per heavy atom. The number of hydrogen-bond acceptors (Lipinski definition) is 5. The quantitative estimate of drug-likeness (QED) is 0.687. The van der Waals surface area contributed by atoms with Gasteiger partial charge in [-0.1, -0.05) is 18.2 Å². The molecule has 2 heterocycles. The molecule has 0 N–H and O–H groups in total. The third kappa shape index (κ3) is 3.35. The summed E-state index contributed by atoms with van der Waals surface area (Å²) in [6.45, 7) is 2.13. The molecule has 0 unspecified atom stereocenters. The van der Waals surface area contributed by atoms with Crippen molar-refractivity contribution in [1.82, 2.24) is 9.78 Å². The minimum absolute atomic E-state index is 0.215. The van der Waals surface area contributed by atoms with E-state index in [4.69, 9.17) is 0 Å². The topological polar surface area (TPSA) is 72.3 Å². The van der Waals surface area contributed by atoms with Gasteiger partial charge in [0.15, 0.2) is 0 Å². The second kappa shape index (κ2) is 6.81. The molecule has 0 amide bonds. The van der Waals surface area contributed by atoms with E-state index in [-0.39, 0.29) is 9.77 Å². The maximum absolute atomic E-state index is 13.0. The highest BCUT2D eigenvalue weighted by Crippen LogP contribution is 2.31. The van der Waals surface area contributed by atoms with Crippen molar-refractivity contribution in [3.05, 3.63) is 64.3 Å². The van der Waals surface area contributed by atoms with Gasteiger partial charge < -0.3 is 0 Å². The predicted molar refractivity (Wildman–Crippen MR) is 99.4 cm³/mol. The Hall–Kier alpha value is -2.45. The lowest BCUT2D eigenvalue weighted by atomic mass is 10.2. The number of thiophene rings is 1. The molecule has 3 rings (SSSR count). The summed E-state index contributed by atoms with van der Waals surface area (Å²) in [5.41, 5.74) is 1.64. The molecule has 2 aromatic heterocycles. The number of aromatic nitrogens is 2. The summed E-state index contributed by atoms with van der Waals surface area (Å²) in [7, 11) is -2.09. The van der Waals surface area contributed by atoms with Crippen LogP contribution in [0.5, 0.6) is 0 Å². The molecule has 25 heavy (non-hydrogen) atoms. The lowest BCUT2D eigenvalue weighted by Gasteiger charge is -2.21. The van der Waals surface area contributed by atoms with Crippen LogP contribution in [0.25, 0.3) is 11.3 Å². The minimum Gasteiger partial charge on any atom is -0.268 e. The third-order valence-corrected chi connectivity index (χ3v) is 7.03. The molecule has 0 atom stereocenters. The fourth-order valence-corrected chi connectivity index (χ4v) is 5.20. The van der Waals surface area contributed by atoms with Crippen molar-refractivity contribution < 1.29 is 8.42 Å². The van der Waals surface area contributed by atoms with Crippen molar-refractivity contribution in [3.63, 3.8) is 0 Å². The van der Waals surface area contributed by atoms with E-state index >= 15 is 0 Å². The van der Waals surface area contributed by atoms with Gasteiger partial charge in [0.25, 0.3) is 15.6 Å². The lowest BCUT2D eigenvalue weighted by molar-refractivity contribution is 0.594. The number of sulfonamides is 1. The van der Waals surface area contributed by atoms with Crippen LogP contribution in [0, 0.1) is 0 Å². The molecule has 0 fully saturated rings. The standard InChI is InChI=1S/C17H17N3O3S2/c1-3-20(14-7-5-4-6-8-14)25(22,23)17-11-13(12-24-17)15-9-10-16(21)19(2)18-15/h4-12H,3H2,1-2H3. The average molecular weight is 375 g/mol. The first-order valence-electron chi connectivity index (χ1n) is 7.64. The summed E-state index contributed by atoms with van der Waals surface area (Å²) in [5.74, 6) is 0. The van der Waals surface area contributed by atoms with Crippen molar-refractivity contribution in [2.24, 2.45) is 7.05 Å². The Morgan fingerprint density at radius 2 is 1.88 bits per heavy atom. The highest BCUT2D eigenvalue weighted by Gasteiger charge is 2.25. The molecular weight excluding hydrogens is 358 g/mol. The summed E-state index contributed by atoms with van der Waals surface area (Å²) in [5, 5.41) is 5.90. The Morgan fingerprint density at radius 3 is 2.52 bits per heavy atom. The van der Waals surface area contributed by atoms with Crippen molar-refractivity contribution in [2.75, 3.05) is 10.8 Å². The molecule has 0 spiro atoms. The number of aryl methyl sites for hydroxylation is 1. The Kier molecular flexibility index (Phi) is 4.73. The maximum atomic E-state index is 13.0. The largest absolute Gasteiger partial charge is 0.273 e. The van der Waals surface area contributed by atoms with Gasteiger partial charge in [0.1, 0.15) is 4.21 Å². The van der Waals surface area contributed by atoms with E-state index in [0.29, 0.717) is 23.5 Å². The number of anilines is 1. The van der Waals surface area contributed by atoms with E-state index in [2.05, 4.69) is 5.10 Å². The van der Waals surface area contributed by atoms with Crippen LogP contribution in [-0.2, 0) is 17.1 Å². The molecule has 6 nitrogen and oxygen atoms in total. The van der Waals surface area contributed by atoms with Gasteiger partial charge in [0.05, 0.1) is 11.4 Å². The van der Waals surface area contributed by atoms with E-state index in [1.807, 2.05) is 18.2 Å². The highest BCUT2D eigenvalue weighted by molar-refractivity contribution is 7.94. The fourth-order valence-electron chi connectivity index (χ4n) is 2.44. The molecule has 0 saturated heterocycles.